The highest BCUT2D eigenvalue weighted by Crippen LogP contribution is 2.36. The highest BCUT2D eigenvalue weighted by atomic mass is 32.2. The van der Waals surface area contributed by atoms with E-state index in [1.54, 1.807) is 48.5 Å². The van der Waals surface area contributed by atoms with Crippen LogP contribution in [-0.2, 0) is 20.3 Å². The molecule has 2 amide bonds. The molecule has 1 atom stereocenters. The first kappa shape index (κ1) is 32.4. The molecule has 1 heterocycles. The van der Waals surface area contributed by atoms with Crippen LogP contribution >= 0.6 is 0 Å². The molecule has 0 saturated carbocycles. The first-order valence-electron chi connectivity index (χ1n) is 14.5. The molecule has 1 aliphatic heterocycles. The molecule has 0 aromatic heterocycles. The lowest BCUT2D eigenvalue weighted by Gasteiger charge is -2.28. The number of amides is 2. The zero-order chi connectivity index (χ0) is 33.1. The molecule has 0 radical (unpaired) electrons. The molecule has 2 N–H and O–H groups in total. The molecule has 0 fully saturated rings. The van der Waals surface area contributed by atoms with Crippen molar-refractivity contribution in [2.24, 2.45) is 0 Å². The fourth-order valence-electron chi connectivity index (χ4n) is 4.81. The minimum Gasteiger partial charge on any atom is -0.473 e. The van der Waals surface area contributed by atoms with E-state index in [1.165, 1.54) is 17.0 Å². The maximum Gasteiger partial charge on any atom is 0.279 e. The minimum atomic E-state index is -4.28. The van der Waals surface area contributed by atoms with Gasteiger partial charge in [0, 0.05) is 29.3 Å². The van der Waals surface area contributed by atoms with Crippen molar-refractivity contribution in [1.82, 2.24) is 5.32 Å². The van der Waals surface area contributed by atoms with Crippen molar-refractivity contribution in [3.8, 4) is 17.1 Å². The summed E-state index contributed by atoms with van der Waals surface area (Å²) in [5.74, 6) is -2.40. The van der Waals surface area contributed by atoms with Gasteiger partial charge in [0.05, 0.1) is 11.4 Å². The number of fused-ring (bicyclic) bond motifs is 1. The van der Waals surface area contributed by atoms with E-state index in [0.29, 0.717) is 17.0 Å². The van der Waals surface area contributed by atoms with Crippen molar-refractivity contribution >= 4 is 33.5 Å². The quantitative estimate of drug-likeness (QED) is 0.158. The predicted molar refractivity (Wildman–Crippen MR) is 173 cm³/mol. The first-order valence-corrected chi connectivity index (χ1v) is 16.1. The van der Waals surface area contributed by atoms with Crippen molar-refractivity contribution in [2.45, 2.75) is 32.3 Å². The van der Waals surface area contributed by atoms with E-state index in [-0.39, 0.29) is 29.2 Å². The molecule has 238 valence electrons. The molecule has 0 bridgehead atoms. The van der Waals surface area contributed by atoms with E-state index in [9.17, 15) is 18.0 Å². The SMILES string of the molecule is CC(C)(C)c1ccc(C(Oc2ccc(C(=O)NCCS(=O)(=O)O)cc2F)C(=O)N(c2ccccc2)c2ccc3cccc-3o2)cc1. The number of carbonyl (C=O) groups is 2. The summed E-state index contributed by atoms with van der Waals surface area (Å²) in [6.45, 7) is 5.83. The molecule has 0 saturated heterocycles. The Hall–Kier alpha value is -5.00. The summed E-state index contributed by atoms with van der Waals surface area (Å²) in [5, 5.41) is 2.31. The third kappa shape index (κ3) is 7.61. The summed E-state index contributed by atoms with van der Waals surface area (Å²) in [6.07, 6.45) is -1.34. The Balaban J connectivity index is 1.53. The molecule has 3 aromatic carbocycles. The molecule has 46 heavy (non-hydrogen) atoms. The predicted octanol–water partition coefficient (Wildman–Crippen LogP) is 6.92. The number of rotatable bonds is 10. The normalized spacial score (nSPS) is 12.5. The van der Waals surface area contributed by atoms with Crippen LogP contribution in [0.1, 0.15) is 48.4 Å². The van der Waals surface area contributed by atoms with Gasteiger partial charge in [-0.1, -0.05) is 75.4 Å². The van der Waals surface area contributed by atoms with E-state index in [1.807, 2.05) is 36.4 Å². The molecular weight excluding hydrogens is 611 g/mol. The van der Waals surface area contributed by atoms with Crippen LogP contribution in [0.2, 0.25) is 0 Å². The zero-order valence-electron chi connectivity index (χ0n) is 25.4. The summed E-state index contributed by atoms with van der Waals surface area (Å²) >= 11 is 0. The average Bonchev–Trinajstić information content (AvgIpc) is 3.48. The maximum absolute atomic E-state index is 15.5. The topological polar surface area (TPSA) is 126 Å². The molecule has 9 nitrogen and oxygen atoms in total. The number of halogens is 1. The lowest BCUT2D eigenvalue weighted by molar-refractivity contribution is -0.125. The third-order valence-electron chi connectivity index (χ3n) is 7.27. The lowest BCUT2D eigenvalue weighted by atomic mass is 9.86. The van der Waals surface area contributed by atoms with E-state index in [4.69, 9.17) is 13.7 Å². The van der Waals surface area contributed by atoms with Gasteiger partial charge in [-0.25, -0.2) is 9.29 Å². The average molecular weight is 645 g/mol. The zero-order valence-corrected chi connectivity index (χ0v) is 26.3. The van der Waals surface area contributed by atoms with Crippen LogP contribution in [-0.4, -0.2) is 37.1 Å². The van der Waals surface area contributed by atoms with Crippen LogP contribution in [0, 0.1) is 5.82 Å². The number of nitrogens with zero attached hydrogens (tertiary/aromatic N) is 1. The standard InChI is InChI=1S/C35H33FN2O7S/c1-35(2,3)26-16-12-24(13-17-26)32(45-30-18-14-25(22-28(30)36)33(39)37-20-21-46(41,42)43)34(40)38(27-9-5-4-6-10-27)31-19-15-23-8-7-11-29(23)44-31/h4-19,22,32H,20-21H2,1-3H3,(H,37,39)(H,41,42,43). The number of nitrogens with one attached hydrogen (secondary N) is 1. The number of hydrogen-bond donors (Lipinski definition) is 2. The second kappa shape index (κ2) is 13.2. The maximum atomic E-state index is 15.5. The van der Waals surface area contributed by atoms with E-state index >= 15 is 4.39 Å². The van der Waals surface area contributed by atoms with Gasteiger partial charge in [-0.2, -0.15) is 8.42 Å². The Morgan fingerprint density at radius 2 is 1.65 bits per heavy atom. The van der Waals surface area contributed by atoms with Gasteiger partial charge in [0.1, 0.15) is 5.76 Å². The summed E-state index contributed by atoms with van der Waals surface area (Å²) in [6, 6.07) is 28.7. The van der Waals surface area contributed by atoms with Crippen LogP contribution < -0.4 is 15.0 Å². The molecule has 11 heteroatoms. The van der Waals surface area contributed by atoms with Crippen molar-refractivity contribution in [3.05, 3.63) is 126 Å². The minimum absolute atomic E-state index is 0.106. The fraction of sp³-hybridized carbons (Fsp3) is 0.200. The number of benzene rings is 3. The van der Waals surface area contributed by atoms with Gasteiger partial charge in [0.25, 0.3) is 21.9 Å². The van der Waals surface area contributed by atoms with Gasteiger partial charge >= 0.3 is 0 Å². The van der Waals surface area contributed by atoms with Crippen molar-refractivity contribution in [2.75, 3.05) is 17.2 Å². The van der Waals surface area contributed by atoms with Crippen molar-refractivity contribution < 1.29 is 36.1 Å². The molecule has 1 unspecified atom stereocenters. The lowest BCUT2D eigenvalue weighted by Crippen LogP contribution is -2.34. The summed E-state index contributed by atoms with van der Waals surface area (Å²) in [5.41, 5.74) is 2.57. The molecular formula is C35H33FN2O7S. The van der Waals surface area contributed by atoms with Crippen LogP contribution in [0.4, 0.5) is 16.0 Å². The Bertz CT molecular complexity index is 1920. The highest BCUT2D eigenvalue weighted by molar-refractivity contribution is 7.85. The Morgan fingerprint density at radius 3 is 2.30 bits per heavy atom. The largest absolute Gasteiger partial charge is 0.473 e. The van der Waals surface area contributed by atoms with Crippen LogP contribution in [0.5, 0.6) is 5.75 Å². The molecule has 3 aromatic rings. The number of hydrogen-bond acceptors (Lipinski definition) is 6. The Labute approximate surface area is 266 Å². The van der Waals surface area contributed by atoms with Gasteiger partial charge in [0.15, 0.2) is 11.6 Å². The smallest absolute Gasteiger partial charge is 0.279 e. The number of para-hydroxylation sites is 1. The number of carbonyl (C=O) groups excluding carboxylic acids is 2. The van der Waals surface area contributed by atoms with Gasteiger partial charge in [-0.05, 0) is 53.4 Å². The summed E-state index contributed by atoms with van der Waals surface area (Å²) < 4.78 is 58.5. The number of ether oxygens (including phenoxy) is 1. The summed E-state index contributed by atoms with van der Waals surface area (Å²) in [7, 11) is -4.28. The van der Waals surface area contributed by atoms with E-state index in [0.717, 1.165) is 17.2 Å². The molecule has 5 rings (SSSR count). The van der Waals surface area contributed by atoms with E-state index < -0.39 is 39.6 Å². The highest BCUT2D eigenvalue weighted by Gasteiger charge is 2.33. The van der Waals surface area contributed by atoms with Gasteiger partial charge in [-0.15, -0.1) is 0 Å². The van der Waals surface area contributed by atoms with Gasteiger partial charge in [0.2, 0.25) is 12.0 Å². The van der Waals surface area contributed by atoms with Crippen LogP contribution in [0.3, 0.4) is 0 Å². The second-order valence-electron chi connectivity index (χ2n) is 11.7. The van der Waals surface area contributed by atoms with Crippen LogP contribution in [0.15, 0.2) is 108 Å². The number of anilines is 2. The monoisotopic (exact) mass is 644 g/mol. The third-order valence-corrected chi connectivity index (χ3v) is 7.99. The first-order chi connectivity index (χ1) is 21.8. The van der Waals surface area contributed by atoms with Crippen LogP contribution in [0.25, 0.3) is 11.3 Å². The molecule has 2 aliphatic rings. The Kier molecular flexibility index (Phi) is 9.27. The van der Waals surface area contributed by atoms with Gasteiger partial charge in [-0.3, -0.25) is 14.1 Å². The van der Waals surface area contributed by atoms with Crippen molar-refractivity contribution in [3.63, 3.8) is 0 Å². The fourth-order valence-corrected chi connectivity index (χ4v) is 5.17. The molecule has 1 aliphatic carbocycles. The van der Waals surface area contributed by atoms with Gasteiger partial charge < -0.3 is 14.5 Å². The summed E-state index contributed by atoms with van der Waals surface area (Å²) in [4.78, 5) is 28.4. The second-order valence-corrected chi connectivity index (χ2v) is 13.3. The molecule has 0 spiro atoms. The van der Waals surface area contributed by atoms with E-state index in [2.05, 4.69) is 26.1 Å². The van der Waals surface area contributed by atoms with Crippen molar-refractivity contribution in [1.29, 1.82) is 0 Å². The Morgan fingerprint density at radius 1 is 0.935 bits per heavy atom.